The zero-order valence-electron chi connectivity index (χ0n) is 29.0. The van der Waals surface area contributed by atoms with E-state index in [9.17, 15) is 20.1 Å². The third-order valence-corrected chi connectivity index (χ3v) is 13.5. The van der Waals surface area contributed by atoms with Crippen LogP contribution in [0.4, 0.5) is 0 Å². The number of aliphatic hydroxyl groups excluding tert-OH is 3. The van der Waals surface area contributed by atoms with Crippen molar-refractivity contribution in [2.45, 2.75) is 148 Å². The summed E-state index contributed by atoms with van der Waals surface area (Å²) in [4.78, 5) is 19.5. The summed E-state index contributed by atoms with van der Waals surface area (Å²) < 4.78 is 6.36. The van der Waals surface area contributed by atoms with Crippen LogP contribution in [0.5, 0.6) is 0 Å². The Bertz CT molecular complexity index is 1310. The Morgan fingerprint density at radius 1 is 1.22 bits per heavy atom. The van der Waals surface area contributed by atoms with Crippen molar-refractivity contribution in [1.29, 1.82) is 0 Å². The SMILES string of the molecule is C=C1C(=CC=C2CCC[C@]3(C)[C@@H]([C@H](C)CC[C@H](OC(=O)C(C)(C)CO)C4(c5ncc(CCCC)s5)CC4)CC[C@@H]23)C[C@@H](O)C[C@@H]1O. The van der Waals surface area contributed by atoms with Gasteiger partial charge >= 0.3 is 5.97 Å². The molecule has 1 heterocycles. The molecule has 3 N–H and O–H groups in total. The van der Waals surface area contributed by atoms with Crippen LogP contribution in [0.1, 0.15) is 128 Å². The van der Waals surface area contributed by atoms with Gasteiger partial charge in [0.15, 0.2) is 0 Å². The number of hydrogen-bond donors (Lipinski definition) is 3. The zero-order chi connectivity index (χ0) is 33.3. The first-order chi connectivity index (χ1) is 21.8. The number of carbonyl (C=O) groups is 1. The Balaban J connectivity index is 1.30. The molecule has 6 nitrogen and oxygen atoms in total. The summed E-state index contributed by atoms with van der Waals surface area (Å²) in [6.07, 6.45) is 19.1. The summed E-state index contributed by atoms with van der Waals surface area (Å²) in [5.74, 6) is 1.33. The third-order valence-electron chi connectivity index (χ3n) is 12.2. The molecule has 46 heavy (non-hydrogen) atoms. The number of nitrogens with zero attached hydrogens (tertiary/aromatic N) is 1. The molecular weight excluding hydrogens is 594 g/mol. The van der Waals surface area contributed by atoms with Crippen LogP contribution in [-0.4, -0.2) is 51.2 Å². The summed E-state index contributed by atoms with van der Waals surface area (Å²) in [7, 11) is 0. The topological polar surface area (TPSA) is 99.9 Å². The van der Waals surface area contributed by atoms with Crippen molar-refractivity contribution in [1.82, 2.24) is 4.98 Å². The van der Waals surface area contributed by atoms with E-state index in [-0.39, 0.29) is 29.5 Å². The maximum Gasteiger partial charge on any atom is 0.314 e. The number of fused-ring (bicyclic) bond motifs is 1. The van der Waals surface area contributed by atoms with Crippen molar-refractivity contribution in [2.75, 3.05) is 6.61 Å². The van der Waals surface area contributed by atoms with Gasteiger partial charge in [-0.3, -0.25) is 4.79 Å². The van der Waals surface area contributed by atoms with E-state index in [4.69, 9.17) is 9.72 Å². The van der Waals surface area contributed by atoms with Gasteiger partial charge in [-0.15, -0.1) is 11.3 Å². The van der Waals surface area contributed by atoms with E-state index in [0.29, 0.717) is 30.6 Å². The maximum absolute atomic E-state index is 13.3. The normalized spacial score (nSPS) is 32.4. The second-order valence-corrected chi connectivity index (χ2v) is 17.2. The van der Waals surface area contributed by atoms with Crippen LogP contribution >= 0.6 is 11.3 Å². The molecule has 4 saturated carbocycles. The Labute approximate surface area is 281 Å². The van der Waals surface area contributed by atoms with Crippen molar-refractivity contribution in [3.63, 3.8) is 0 Å². The molecule has 0 radical (unpaired) electrons. The van der Waals surface area contributed by atoms with Crippen LogP contribution in [0.25, 0.3) is 0 Å². The van der Waals surface area contributed by atoms with Gasteiger partial charge in [0.2, 0.25) is 0 Å². The molecule has 0 amide bonds. The molecular formula is C39H59NO5S. The minimum atomic E-state index is -0.929. The average molecular weight is 654 g/mol. The lowest BCUT2D eigenvalue weighted by Crippen LogP contribution is -2.39. The molecule has 1 aromatic rings. The lowest BCUT2D eigenvalue weighted by Gasteiger charge is -2.44. The van der Waals surface area contributed by atoms with Crippen molar-refractivity contribution in [3.8, 4) is 0 Å². The van der Waals surface area contributed by atoms with Gasteiger partial charge < -0.3 is 20.1 Å². The Kier molecular flexibility index (Phi) is 11.1. The number of aliphatic hydroxyl groups is 3. The fourth-order valence-electron chi connectivity index (χ4n) is 8.91. The van der Waals surface area contributed by atoms with E-state index in [1.807, 2.05) is 6.20 Å². The number of rotatable bonds is 13. The number of carbonyl (C=O) groups excluding carboxylic acids is 1. The second-order valence-electron chi connectivity index (χ2n) is 16.0. The van der Waals surface area contributed by atoms with Gasteiger partial charge in [0, 0.05) is 17.5 Å². The van der Waals surface area contributed by atoms with Gasteiger partial charge in [0.25, 0.3) is 0 Å². The zero-order valence-corrected chi connectivity index (χ0v) is 29.8. The minimum Gasteiger partial charge on any atom is -0.461 e. The van der Waals surface area contributed by atoms with E-state index in [1.165, 1.54) is 36.1 Å². The molecule has 5 rings (SSSR count). The van der Waals surface area contributed by atoms with E-state index < -0.39 is 17.6 Å². The fraction of sp³-hybridized carbons (Fsp3) is 0.744. The van der Waals surface area contributed by atoms with Crippen LogP contribution in [0.2, 0.25) is 0 Å². The molecule has 256 valence electrons. The highest BCUT2D eigenvalue weighted by Gasteiger charge is 2.56. The molecule has 0 bridgehead atoms. The molecule has 1 aromatic heterocycles. The van der Waals surface area contributed by atoms with Crippen LogP contribution < -0.4 is 0 Å². The molecule has 0 aliphatic heterocycles. The molecule has 7 heteroatoms. The van der Waals surface area contributed by atoms with Gasteiger partial charge in [0.05, 0.1) is 29.6 Å². The number of unbranched alkanes of at least 4 members (excludes halogenated alkanes) is 1. The predicted octanol–water partition coefficient (Wildman–Crippen LogP) is 8.00. The Morgan fingerprint density at radius 3 is 2.67 bits per heavy atom. The smallest absolute Gasteiger partial charge is 0.314 e. The van der Waals surface area contributed by atoms with E-state index in [0.717, 1.165) is 67.5 Å². The van der Waals surface area contributed by atoms with Crippen molar-refractivity contribution in [3.05, 3.63) is 51.5 Å². The largest absolute Gasteiger partial charge is 0.461 e. The number of thiazole rings is 1. The van der Waals surface area contributed by atoms with Crippen LogP contribution in [-0.2, 0) is 21.4 Å². The maximum atomic E-state index is 13.3. The van der Waals surface area contributed by atoms with Gasteiger partial charge in [-0.1, -0.05) is 51.5 Å². The average Bonchev–Trinajstić information content (AvgIpc) is 3.54. The van der Waals surface area contributed by atoms with Crippen LogP contribution in [0.3, 0.4) is 0 Å². The quantitative estimate of drug-likeness (QED) is 0.187. The first kappa shape index (κ1) is 35.5. The number of hydrogen-bond acceptors (Lipinski definition) is 7. The number of esters is 1. The molecule has 0 aromatic carbocycles. The lowest BCUT2D eigenvalue weighted by atomic mass is 9.60. The first-order valence-electron chi connectivity index (χ1n) is 18.1. The molecule has 4 aliphatic rings. The van der Waals surface area contributed by atoms with E-state index >= 15 is 0 Å². The number of ether oxygens (including phenoxy) is 1. The lowest BCUT2D eigenvalue weighted by molar-refractivity contribution is -0.164. The third kappa shape index (κ3) is 7.28. The van der Waals surface area contributed by atoms with Gasteiger partial charge in [-0.25, -0.2) is 4.98 Å². The summed E-state index contributed by atoms with van der Waals surface area (Å²) in [6.45, 7) is 14.5. The molecule has 4 fully saturated rings. The van der Waals surface area contributed by atoms with Crippen LogP contribution in [0.15, 0.2) is 41.6 Å². The number of allylic oxidation sites excluding steroid dienone is 3. The fourth-order valence-corrected chi connectivity index (χ4v) is 10.2. The highest BCUT2D eigenvalue weighted by atomic mass is 32.1. The van der Waals surface area contributed by atoms with Gasteiger partial charge in [-0.2, -0.15) is 0 Å². The second kappa shape index (κ2) is 14.4. The highest BCUT2D eigenvalue weighted by molar-refractivity contribution is 7.11. The van der Waals surface area contributed by atoms with Crippen LogP contribution in [0, 0.1) is 28.6 Å². The monoisotopic (exact) mass is 653 g/mol. The molecule has 0 saturated heterocycles. The van der Waals surface area contributed by atoms with Gasteiger partial charge in [-0.05, 0) is 125 Å². The Hall–Kier alpha value is -1.80. The number of aryl methyl sites for hydroxylation is 1. The Morgan fingerprint density at radius 2 is 1.98 bits per heavy atom. The van der Waals surface area contributed by atoms with E-state index in [1.54, 1.807) is 25.2 Å². The van der Waals surface area contributed by atoms with Crippen molar-refractivity contribution < 1.29 is 24.9 Å². The van der Waals surface area contributed by atoms with E-state index in [2.05, 4.69) is 39.5 Å². The van der Waals surface area contributed by atoms with Gasteiger partial charge in [0.1, 0.15) is 11.1 Å². The first-order valence-corrected chi connectivity index (χ1v) is 18.9. The number of aromatic nitrogens is 1. The minimum absolute atomic E-state index is 0.198. The predicted molar refractivity (Wildman–Crippen MR) is 186 cm³/mol. The standard InChI is InChI=1S/C39H59NO5S/c1-7-8-11-30-23-40-35(46-30)39(19-20-39)34(45-36(44)37(4,5)24-41)17-12-25(2)31-15-16-32-27(10-9-18-38(31,32)6)13-14-28-21-29(42)22-33(43)26(28)3/h13-14,23,25,29,31-34,41-43H,3,7-12,15-22,24H2,1-2,4-6H3/t25-,29-,31-,32+,33+,34+,38-/m1/s1. The summed E-state index contributed by atoms with van der Waals surface area (Å²) in [6, 6.07) is 0. The summed E-state index contributed by atoms with van der Waals surface area (Å²) in [5, 5.41) is 31.6. The van der Waals surface area contributed by atoms with Crippen molar-refractivity contribution >= 4 is 17.3 Å². The molecule has 0 unspecified atom stereocenters. The molecule has 0 spiro atoms. The molecule has 7 atom stereocenters. The summed E-state index contributed by atoms with van der Waals surface area (Å²) in [5.41, 5.74) is 2.34. The summed E-state index contributed by atoms with van der Waals surface area (Å²) >= 11 is 1.80. The molecule has 4 aliphatic carbocycles. The van der Waals surface area contributed by atoms with Crippen molar-refractivity contribution in [2.24, 2.45) is 28.6 Å². The highest BCUT2D eigenvalue weighted by Crippen LogP contribution is 2.61.